The third kappa shape index (κ3) is 3.07. The summed E-state index contributed by atoms with van der Waals surface area (Å²) < 4.78 is 0. The van der Waals surface area contributed by atoms with Gasteiger partial charge in [0.05, 0.1) is 5.75 Å². The molecule has 0 unspecified atom stereocenters. The number of hydrogen-bond donors (Lipinski definition) is 0. The van der Waals surface area contributed by atoms with E-state index in [1.807, 2.05) is 23.2 Å². The van der Waals surface area contributed by atoms with E-state index in [0.717, 1.165) is 11.3 Å². The lowest BCUT2D eigenvalue weighted by molar-refractivity contribution is -0.115. The summed E-state index contributed by atoms with van der Waals surface area (Å²) in [5, 5.41) is 0.0340. The van der Waals surface area contributed by atoms with E-state index in [4.69, 9.17) is 0 Å². The van der Waals surface area contributed by atoms with E-state index >= 15 is 0 Å². The molecular formula is C20H22N2OS. The molecule has 0 bridgehead atoms. The fourth-order valence-corrected chi connectivity index (χ4v) is 4.97. The highest BCUT2D eigenvalue weighted by molar-refractivity contribution is 8.00. The molecule has 24 heavy (non-hydrogen) atoms. The largest absolute Gasteiger partial charge is 0.295 e. The first-order valence-electron chi connectivity index (χ1n) is 8.76. The summed E-state index contributed by atoms with van der Waals surface area (Å²) in [5.41, 5.74) is 3.51. The molecule has 124 valence electrons. The molecule has 4 rings (SSSR count). The molecule has 1 saturated heterocycles. The number of nitrogens with zero attached hydrogens (tertiary/aromatic N) is 2. The van der Waals surface area contributed by atoms with Crippen molar-refractivity contribution in [1.82, 2.24) is 4.98 Å². The second-order valence-electron chi connectivity index (χ2n) is 6.64. The fraction of sp³-hybridized carbons (Fsp3) is 0.400. The summed E-state index contributed by atoms with van der Waals surface area (Å²) in [5.74, 6) is 1.41. The van der Waals surface area contributed by atoms with E-state index < -0.39 is 0 Å². The van der Waals surface area contributed by atoms with Crippen molar-refractivity contribution in [3.63, 3.8) is 0 Å². The first kappa shape index (κ1) is 15.7. The molecular weight excluding hydrogens is 316 g/mol. The van der Waals surface area contributed by atoms with Crippen LogP contribution < -0.4 is 4.90 Å². The first-order chi connectivity index (χ1) is 11.8. The van der Waals surface area contributed by atoms with E-state index in [2.05, 4.69) is 29.2 Å². The number of pyridine rings is 1. The number of benzene rings is 1. The molecule has 4 heteroatoms. The highest BCUT2D eigenvalue weighted by Crippen LogP contribution is 2.42. The summed E-state index contributed by atoms with van der Waals surface area (Å²) in [6.07, 6.45) is 10.3. The van der Waals surface area contributed by atoms with Crippen LogP contribution in [-0.2, 0) is 4.79 Å². The van der Waals surface area contributed by atoms with Crippen molar-refractivity contribution in [1.29, 1.82) is 0 Å². The number of thioether (sulfide) groups is 1. The van der Waals surface area contributed by atoms with E-state index in [-0.39, 0.29) is 11.3 Å². The van der Waals surface area contributed by atoms with Gasteiger partial charge in [-0.3, -0.25) is 14.7 Å². The minimum Gasteiger partial charge on any atom is -0.295 e. The molecule has 1 aromatic heterocycles. The Labute approximate surface area is 147 Å². The van der Waals surface area contributed by atoms with Gasteiger partial charge in [-0.05, 0) is 42.5 Å². The quantitative estimate of drug-likeness (QED) is 0.797. The van der Waals surface area contributed by atoms with Gasteiger partial charge >= 0.3 is 0 Å². The summed E-state index contributed by atoms with van der Waals surface area (Å²) >= 11 is 1.68. The third-order valence-electron chi connectivity index (χ3n) is 5.09. The van der Waals surface area contributed by atoms with Gasteiger partial charge in [0.2, 0.25) is 5.91 Å². The molecule has 2 heterocycles. The highest BCUT2D eigenvalue weighted by Gasteiger charge is 2.34. The van der Waals surface area contributed by atoms with Crippen LogP contribution in [0.1, 0.15) is 54.5 Å². The molecule has 2 aliphatic rings. The Hall–Kier alpha value is -1.81. The van der Waals surface area contributed by atoms with Crippen LogP contribution in [-0.4, -0.2) is 16.6 Å². The summed E-state index contributed by atoms with van der Waals surface area (Å²) in [4.78, 5) is 18.6. The molecule has 1 saturated carbocycles. The molecule has 0 radical (unpaired) electrons. The predicted octanol–water partition coefficient (Wildman–Crippen LogP) is 4.91. The standard InChI is InChI=1S/C20H22N2OS/c23-19-14-24-20(17-7-4-12-21-13-17)22(19)18-10-8-16(9-11-18)15-5-2-1-3-6-15/h4,7-13,15,20H,1-3,5-6,14H2/t20-/m1/s1. The Morgan fingerprint density at radius 3 is 2.50 bits per heavy atom. The summed E-state index contributed by atoms with van der Waals surface area (Å²) in [7, 11) is 0. The minimum atomic E-state index is 0.0340. The van der Waals surface area contributed by atoms with Crippen molar-refractivity contribution >= 4 is 23.4 Å². The van der Waals surface area contributed by atoms with E-state index in [1.54, 1.807) is 18.0 Å². The van der Waals surface area contributed by atoms with Crippen molar-refractivity contribution in [3.05, 3.63) is 59.9 Å². The Bertz CT molecular complexity index is 695. The molecule has 1 atom stereocenters. The monoisotopic (exact) mass is 338 g/mol. The average molecular weight is 338 g/mol. The van der Waals surface area contributed by atoms with Gasteiger partial charge < -0.3 is 0 Å². The van der Waals surface area contributed by atoms with Crippen molar-refractivity contribution < 1.29 is 4.79 Å². The maximum atomic E-state index is 12.4. The lowest BCUT2D eigenvalue weighted by Gasteiger charge is -2.26. The molecule has 0 spiro atoms. The maximum absolute atomic E-state index is 12.4. The van der Waals surface area contributed by atoms with Crippen LogP contribution in [0.2, 0.25) is 0 Å². The third-order valence-corrected chi connectivity index (χ3v) is 6.30. The number of anilines is 1. The number of aromatic nitrogens is 1. The first-order valence-corrected chi connectivity index (χ1v) is 9.81. The Balaban J connectivity index is 1.58. The zero-order chi connectivity index (χ0) is 16.4. The Morgan fingerprint density at radius 1 is 1.00 bits per heavy atom. The summed E-state index contributed by atoms with van der Waals surface area (Å²) in [6, 6.07) is 12.7. The fourth-order valence-electron chi connectivity index (χ4n) is 3.81. The average Bonchev–Trinajstić information content (AvgIpc) is 3.05. The van der Waals surface area contributed by atoms with Crippen LogP contribution in [0, 0.1) is 0 Å². The van der Waals surface area contributed by atoms with Crippen molar-refractivity contribution in [2.75, 3.05) is 10.7 Å². The van der Waals surface area contributed by atoms with Crippen molar-refractivity contribution in [2.24, 2.45) is 0 Å². The number of carbonyl (C=O) groups is 1. The lowest BCUT2D eigenvalue weighted by atomic mass is 9.84. The Kier molecular flexibility index (Phi) is 4.56. The normalized spacial score (nSPS) is 22.1. The minimum absolute atomic E-state index is 0.0340. The summed E-state index contributed by atoms with van der Waals surface area (Å²) in [6.45, 7) is 0. The van der Waals surface area contributed by atoms with Gasteiger partial charge in [-0.2, -0.15) is 0 Å². The molecule has 1 amide bonds. The molecule has 1 aliphatic heterocycles. The smallest absolute Gasteiger partial charge is 0.238 e. The zero-order valence-electron chi connectivity index (χ0n) is 13.7. The van der Waals surface area contributed by atoms with E-state index in [9.17, 15) is 4.79 Å². The van der Waals surface area contributed by atoms with E-state index in [0.29, 0.717) is 11.7 Å². The number of amides is 1. The van der Waals surface area contributed by atoms with Gasteiger partial charge in [-0.25, -0.2) is 0 Å². The zero-order valence-corrected chi connectivity index (χ0v) is 14.5. The van der Waals surface area contributed by atoms with Gasteiger partial charge in [0.25, 0.3) is 0 Å². The van der Waals surface area contributed by atoms with Crippen molar-refractivity contribution in [3.8, 4) is 0 Å². The second-order valence-corrected chi connectivity index (χ2v) is 7.71. The van der Waals surface area contributed by atoms with Gasteiger partial charge in [-0.1, -0.05) is 37.5 Å². The van der Waals surface area contributed by atoms with Crippen LogP contribution >= 0.6 is 11.8 Å². The topological polar surface area (TPSA) is 33.2 Å². The van der Waals surface area contributed by atoms with Gasteiger partial charge in [0, 0.05) is 23.6 Å². The number of rotatable bonds is 3. The second kappa shape index (κ2) is 6.98. The molecule has 1 aliphatic carbocycles. The molecule has 2 fully saturated rings. The highest BCUT2D eigenvalue weighted by atomic mass is 32.2. The molecule has 1 aromatic carbocycles. The molecule has 3 nitrogen and oxygen atoms in total. The van der Waals surface area contributed by atoms with Crippen LogP contribution in [0.25, 0.3) is 0 Å². The van der Waals surface area contributed by atoms with Crippen LogP contribution in [0.3, 0.4) is 0 Å². The number of hydrogen-bond acceptors (Lipinski definition) is 3. The van der Waals surface area contributed by atoms with Gasteiger partial charge in [-0.15, -0.1) is 11.8 Å². The van der Waals surface area contributed by atoms with E-state index in [1.165, 1.54) is 37.7 Å². The van der Waals surface area contributed by atoms with Gasteiger partial charge in [0.15, 0.2) is 0 Å². The lowest BCUT2D eigenvalue weighted by Crippen LogP contribution is -2.27. The maximum Gasteiger partial charge on any atom is 0.238 e. The SMILES string of the molecule is O=C1CS[C@H](c2cccnc2)N1c1ccc(C2CCCCC2)cc1. The van der Waals surface area contributed by atoms with Crippen molar-refractivity contribution in [2.45, 2.75) is 43.4 Å². The molecule has 2 aromatic rings. The van der Waals surface area contributed by atoms with Gasteiger partial charge in [0.1, 0.15) is 5.37 Å². The van der Waals surface area contributed by atoms with Crippen LogP contribution in [0.5, 0.6) is 0 Å². The number of carbonyl (C=O) groups excluding carboxylic acids is 1. The van der Waals surface area contributed by atoms with Crippen LogP contribution in [0.4, 0.5) is 5.69 Å². The predicted molar refractivity (Wildman–Crippen MR) is 99.2 cm³/mol. The Morgan fingerprint density at radius 2 is 1.79 bits per heavy atom. The van der Waals surface area contributed by atoms with Crippen LogP contribution in [0.15, 0.2) is 48.8 Å². The molecule has 0 N–H and O–H groups in total.